The molecule has 26 heavy (non-hydrogen) atoms. The Morgan fingerprint density at radius 1 is 1.27 bits per heavy atom. The van der Waals surface area contributed by atoms with E-state index in [1.165, 1.54) is 27.8 Å². The fraction of sp³-hybridized carbons (Fsp3) is 0.353. The second-order valence-electron chi connectivity index (χ2n) is 5.75. The normalized spacial score (nSPS) is 11.1. The molecule has 0 aliphatic heterocycles. The van der Waals surface area contributed by atoms with Crippen molar-refractivity contribution >= 4 is 16.7 Å². The molecule has 0 bridgehead atoms. The molecular formula is C17H19N5O4. The smallest absolute Gasteiger partial charge is 0.294 e. The number of benzene rings is 1. The minimum atomic E-state index is -0.488. The third-order valence-electron chi connectivity index (χ3n) is 3.98. The zero-order valence-electron chi connectivity index (χ0n) is 14.4. The van der Waals surface area contributed by atoms with Gasteiger partial charge in [-0.15, -0.1) is 0 Å². The molecule has 0 unspecified atom stereocenters. The monoisotopic (exact) mass is 357 g/mol. The summed E-state index contributed by atoms with van der Waals surface area (Å²) in [6, 6.07) is 6.20. The predicted molar refractivity (Wildman–Crippen MR) is 95.5 cm³/mol. The second-order valence-corrected chi connectivity index (χ2v) is 5.75. The van der Waals surface area contributed by atoms with Crippen LogP contribution in [0.15, 0.2) is 41.6 Å². The molecule has 2 aromatic heterocycles. The molecule has 0 fully saturated rings. The van der Waals surface area contributed by atoms with Crippen molar-refractivity contribution in [1.29, 1.82) is 0 Å². The van der Waals surface area contributed by atoms with Gasteiger partial charge in [-0.1, -0.05) is 25.5 Å². The molecule has 0 N–H and O–H groups in total. The number of ether oxygens (including phenoxy) is 1. The van der Waals surface area contributed by atoms with Gasteiger partial charge < -0.3 is 4.74 Å². The summed E-state index contributed by atoms with van der Waals surface area (Å²) in [7, 11) is 0. The molecule has 136 valence electrons. The summed E-state index contributed by atoms with van der Waals surface area (Å²) >= 11 is 0. The standard InChI is InChI=1S/C17H19N5O4/c1-2-3-9-26-10-8-20-12-18-16-13(17(20)23)11-19-21(16)14-6-4-5-7-15(14)22(24)25/h4-7,11-12H,2-3,8-10H2,1H3. The Balaban J connectivity index is 1.91. The van der Waals surface area contributed by atoms with Crippen LogP contribution in [0.3, 0.4) is 0 Å². The zero-order chi connectivity index (χ0) is 18.5. The molecule has 0 aliphatic carbocycles. The fourth-order valence-corrected chi connectivity index (χ4v) is 2.59. The number of hydrogen-bond acceptors (Lipinski definition) is 6. The average molecular weight is 357 g/mol. The number of hydrogen-bond donors (Lipinski definition) is 0. The minimum absolute atomic E-state index is 0.104. The lowest BCUT2D eigenvalue weighted by atomic mass is 10.2. The van der Waals surface area contributed by atoms with Crippen LogP contribution in [0.4, 0.5) is 5.69 Å². The van der Waals surface area contributed by atoms with E-state index in [2.05, 4.69) is 17.0 Å². The Kier molecular flexibility index (Phi) is 5.37. The molecule has 9 nitrogen and oxygen atoms in total. The van der Waals surface area contributed by atoms with Crippen LogP contribution >= 0.6 is 0 Å². The first kappa shape index (κ1) is 17.7. The van der Waals surface area contributed by atoms with Crippen molar-refractivity contribution in [2.75, 3.05) is 13.2 Å². The van der Waals surface area contributed by atoms with Gasteiger partial charge in [-0.25, -0.2) is 9.67 Å². The van der Waals surface area contributed by atoms with Crippen molar-refractivity contribution < 1.29 is 9.66 Å². The molecule has 0 saturated heterocycles. The summed E-state index contributed by atoms with van der Waals surface area (Å²) in [4.78, 5) is 27.6. The number of fused-ring (bicyclic) bond motifs is 1. The van der Waals surface area contributed by atoms with Crippen LogP contribution in [0.1, 0.15) is 19.8 Å². The van der Waals surface area contributed by atoms with Crippen molar-refractivity contribution in [3.63, 3.8) is 0 Å². The lowest BCUT2D eigenvalue weighted by molar-refractivity contribution is -0.384. The Morgan fingerprint density at radius 2 is 2.08 bits per heavy atom. The highest BCUT2D eigenvalue weighted by Crippen LogP contribution is 2.23. The van der Waals surface area contributed by atoms with Crippen LogP contribution < -0.4 is 5.56 Å². The number of nitro groups is 1. The number of nitro benzene ring substituents is 1. The maximum atomic E-state index is 12.6. The van der Waals surface area contributed by atoms with Gasteiger partial charge in [0.15, 0.2) is 5.65 Å². The Hall–Kier alpha value is -3.07. The molecule has 3 rings (SSSR count). The first-order valence-electron chi connectivity index (χ1n) is 8.38. The molecule has 0 aliphatic rings. The third-order valence-corrected chi connectivity index (χ3v) is 3.98. The largest absolute Gasteiger partial charge is 0.380 e. The number of rotatable bonds is 8. The van der Waals surface area contributed by atoms with Gasteiger partial charge in [0, 0.05) is 12.7 Å². The van der Waals surface area contributed by atoms with Crippen LogP contribution in [0.5, 0.6) is 0 Å². The topological polar surface area (TPSA) is 105 Å². The van der Waals surface area contributed by atoms with E-state index < -0.39 is 4.92 Å². The van der Waals surface area contributed by atoms with Gasteiger partial charge in [0.2, 0.25) is 0 Å². The van der Waals surface area contributed by atoms with E-state index in [1.54, 1.807) is 18.2 Å². The van der Waals surface area contributed by atoms with Gasteiger partial charge in [0.25, 0.3) is 11.2 Å². The number of aromatic nitrogens is 4. The summed E-state index contributed by atoms with van der Waals surface area (Å²) in [5.74, 6) is 0. The lowest BCUT2D eigenvalue weighted by Crippen LogP contribution is -2.23. The van der Waals surface area contributed by atoms with Gasteiger partial charge in [0.1, 0.15) is 17.4 Å². The van der Waals surface area contributed by atoms with E-state index in [1.807, 2.05) is 0 Å². The van der Waals surface area contributed by atoms with Crippen LogP contribution in [-0.4, -0.2) is 37.5 Å². The lowest BCUT2D eigenvalue weighted by Gasteiger charge is -2.07. The minimum Gasteiger partial charge on any atom is -0.380 e. The quantitative estimate of drug-likeness (QED) is 0.348. The summed E-state index contributed by atoms with van der Waals surface area (Å²) in [5.41, 5.74) is 0.194. The SMILES string of the molecule is CCCCOCCn1cnc2c(cnn2-c2ccccc2[N+](=O)[O-])c1=O. The fourth-order valence-electron chi connectivity index (χ4n) is 2.59. The van der Waals surface area contributed by atoms with E-state index in [9.17, 15) is 14.9 Å². The van der Waals surface area contributed by atoms with E-state index >= 15 is 0 Å². The molecule has 0 saturated carbocycles. The molecule has 9 heteroatoms. The van der Waals surface area contributed by atoms with Crippen molar-refractivity contribution in [3.05, 3.63) is 57.3 Å². The first-order chi connectivity index (χ1) is 12.6. The highest BCUT2D eigenvalue weighted by molar-refractivity contribution is 5.76. The molecule has 2 heterocycles. The van der Waals surface area contributed by atoms with Gasteiger partial charge >= 0.3 is 0 Å². The molecule has 0 spiro atoms. The summed E-state index contributed by atoms with van der Waals surface area (Å²) in [6.45, 7) is 3.56. The maximum absolute atomic E-state index is 12.6. The van der Waals surface area contributed by atoms with E-state index in [0.717, 1.165) is 12.8 Å². The van der Waals surface area contributed by atoms with Crippen LogP contribution in [0.2, 0.25) is 0 Å². The summed E-state index contributed by atoms with van der Waals surface area (Å²) < 4.78 is 8.25. The molecule has 0 amide bonds. The Morgan fingerprint density at radius 3 is 2.85 bits per heavy atom. The molecular weight excluding hydrogens is 338 g/mol. The molecule has 1 aromatic carbocycles. The first-order valence-corrected chi connectivity index (χ1v) is 8.38. The van der Waals surface area contributed by atoms with E-state index in [4.69, 9.17) is 4.74 Å². The van der Waals surface area contributed by atoms with E-state index in [-0.39, 0.29) is 22.6 Å². The third kappa shape index (κ3) is 3.47. The Labute approximate surface area is 149 Å². The second kappa shape index (κ2) is 7.87. The zero-order valence-corrected chi connectivity index (χ0v) is 14.4. The molecule has 0 atom stereocenters. The highest BCUT2D eigenvalue weighted by atomic mass is 16.6. The predicted octanol–water partition coefficient (Wildman–Crippen LogP) is 2.31. The average Bonchev–Trinajstić information content (AvgIpc) is 3.08. The van der Waals surface area contributed by atoms with Crippen molar-refractivity contribution in [3.8, 4) is 5.69 Å². The number of unbranched alkanes of at least 4 members (excludes halogenated alkanes) is 1. The maximum Gasteiger partial charge on any atom is 0.294 e. The molecule has 3 aromatic rings. The molecule has 0 radical (unpaired) electrons. The number of nitrogens with zero attached hydrogens (tertiary/aromatic N) is 5. The van der Waals surface area contributed by atoms with Gasteiger partial charge in [-0.3, -0.25) is 19.5 Å². The van der Waals surface area contributed by atoms with Gasteiger partial charge in [-0.2, -0.15) is 5.10 Å². The van der Waals surface area contributed by atoms with Gasteiger partial charge in [0.05, 0.1) is 24.3 Å². The summed E-state index contributed by atoms with van der Waals surface area (Å²) in [5, 5.41) is 15.7. The summed E-state index contributed by atoms with van der Waals surface area (Å²) in [6.07, 6.45) is 4.84. The van der Waals surface area contributed by atoms with Crippen LogP contribution in [0.25, 0.3) is 16.7 Å². The number of para-hydroxylation sites is 2. The van der Waals surface area contributed by atoms with Crippen molar-refractivity contribution in [2.24, 2.45) is 0 Å². The van der Waals surface area contributed by atoms with Gasteiger partial charge in [-0.05, 0) is 12.5 Å². The van der Waals surface area contributed by atoms with E-state index in [0.29, 0.717) is 25.1 Å². The van der Waals surface area contributed by atoms with Crippen molar-refractivity contribution in [1.82, 2.24) is 19.3 Å². The highest BCUT2D eigenvalue weighted by Gasteiger charge is 2.19. The van der Waals surface area contributed by atoms with Crippen LogP contribution in [0, 0.1) is 10.1 Å². The van der Waals surface area contributed by atoms with Crippen LogP contribution in [-0.2, 0) is 11.3 Å². The van der Waals surface area contributed by atoms with Crippen molar-refractivity contribution in [2.45, 2.75) is 26.3 Å². The Bertz CT molecular complexity index is 979.